The summed E-state index contributed by atoms with van der Waals surface area (Å²) in [6.45, 7) is 1.66. The Morgan fingerprint density at radius 3 is 2.48 bits per heavy atom. The molecule has 7 heteroatoms. The molecule has 138 valence electrons. The average molecular weight is 364 g/mol. The molecular weight excluding hydrogens is 344 g/mol. The third-order valence-electron chi connectivity index (χ3n) is 3.83. The molecule has 1 heterocycles. The SMILES string of the molecule is CC(C(=O)Nc1cccc(NC(=O)COc2ccccc2)c1)n1cccn1. The Morgan fingerprint density at radius 2 is 1.78 bits per heavy atom. The number of amides is 2. The van der Waals surface area contributed by atoms with Crippen molar-refractivity contribution in [1.29, 1.82) is 0 Å². The quantitative estimate of drug-likeness (QED) is 0.675. The molecule has 27 heavy (non-hydrogen) atoms. The third kappa shape index (κ3) is 5.18. The van der Waals surface area contributed by atoms with Gasteiger partial charge >= 0.3 is 0 Å². The zero-order valence-electron chi connectivity index (χ0n) is 14.8. The van der Waals surface area contributed by atoms with Gasteiger partial charge in [0, 0.05) is 23.8 Å². The highest BCUT2D eigenvalue weighted by Crippen LogP contribution is 2.17. The van der Waals surface area contributed by atoms with Crippen LogP contribution in [0.2, 0.25) is 0 Å². The van der Waals surface area contributed by atoms with Gasteiger partial charge in [0.05, 0.1) is 0 Å². The number of nitrogens with one attached hydrogen (secondary N) is 2. The van der Waals surface area contributed by atoms with Gasteiger partial charge in [0.15, 0.2) is 6.61 Å². The van der Waals surface area contributed by atoms with Gasteiger partial charge in [-0.1, -0.05) is 24.3 Å². The summed E-state index contributed by atoms with van der Waals surface area (Å²) in [6.07, 6.45) is 3.35. The maximum Gasteiger partial charge on any atom is 0.262 e. The lowest BCUT2D eigenvalue weighted by Crippen LogP contribution is -2.24. The van der Waals surface area contributed by atoms with Crippen molar-refractivity contribution in [2.45, 2.75) is 13.0 Å². The van der Waals surface area contributed by atoms with Crippen LogP contribution in [0.5, 0.6) is 5.75 Å². The van der Waals surface area contributed by atoms with Gasteiger partial charge in [-0.05, 0) is 43.3 Å². The van der Waals surface area contributed by atoms with Crippen LogP contribution >= 0.6 is 0 Å². The topological polar surface area (TPSA) is 85.3 Å². The Balaban J connectivity index is 1.55. The highest BCUT2D eigenvalue weighted by atomic mass is 16.5. The first kappa shape index (κ1) is 18.2. The molecule has 1 aromatic heterocycles. The number of carbonyl (C=O) groups excluding carboxylic acids is 2. The predicted octanol–water partition coefficient (Wildman–Crippen LogP) is 3.10. The van der Waals surface area contributed by atoms with E-state index in [0.717, 1.165) is 0 Å². The van der Waals surface area contributed by atoms with Crippen molar-refractivity contribution in [3.8, 4) is 5.75 Å². The number of benzene rings is 2. The van der Waals surface area contributed by atoms with Crippen LogP contribution in [0.3, 0.4) is 0 Å². The van der Waals surface area contributed by atoms with Gasteiger partial charge in [-0.15, -0.1) is 0 Å². The Labute approximate surface area is 157 Å². The first-order valence-corrected chi connectivity index (χ1v) is 8.49. The largest absolute Gasteiger partial charge is 0.484 e. The molecule has 2 N–H and O–H groups in total. The highest BCUT2D eigenvalue weighted by molar-refractivity contribution is 5.95. The number of aromatic nitrogens is 2. The van der Waals surface area contributed by atoms with Crippen molar-refractivity contribution >= 4 is 23.2 Å². The lowest BCUT2D eigenvalue weighted by molar-refractivity contribution is -0.119. The van der Waals surface area contributed by atoms with Crippen LogP contribution in [-0.4, -0.2) is 28.2 Å². The molecule has 2 aromatic carbocycles. The summed E-state index contributed by atoms with van der Waals surface area (Å²) >= 11 is 0. The number of hydrogen-bond donors (Lipinski definition) is 2. The lowest BCUT2D eigenvalue weighted by atomic mass is 10.2. The molecule has 0 aliphatic heterocycles. The molecular formula is C20H20N4O3. The minimum Gasteiger partial charge on any atom is -0.484 e. The van der Waals surface area contributed by atoms with Crippen LogP contribution in [-0.2, 0) is 9.59 Å². The van der Waals surface area contributed by atoms with E-state index >= 15 is 0 Å². The third-order valence-corrected chi connectivity index (χ3v) is 3.83. The summed E-state index contributed by atoms with van der Waals surface area (Å²) in [6, 6.07) is 17.4. The summed E-state index contributed by atoms with van der Waals surface area (Å²) < 4.78 is 6.99. The van der Waals surface area contributed by atoms with E-state index in [-0.39, 0.29) is 18.4 Å². The molecule has 7 nitrogen and oxygen atoms in total. The van der Waals surface area contributed by atoms with Crippen molar-refractivity contribution in [3.63, 3.8) is 0 Å². The Kier molecular flexibility index (Phi) is 5.84. The monoisotopic (exact) mass is 364 g/mol. The summed E-state index contributed by atoms with van der Waals surface area (Å²) in [5.41, 5.74) is 1.15. The summed E-state index contributed by atoms with van der Waals surface area (Å²) in [7, 11) is 0. The van der Waals surface area contributed by atoms with Gasteiger partial charge < -0.3 is 15.4 Å². The van der Waals surface area contributed by atoms with E-state index < -0.39 is 6.04 Å². The van der Waals surface area contributed by atoms with E-state index in [1.54, 1.807) is 66.5 Å². The minimum atomic E-state index is -0.447. The van der Waals surface area contributed by atoms with Crippen molar-refractivity contribution in [2.24, 2.45) is 0 Å². The summed E-state index contributed by atoms with van der Waals surface area (Å²) in [5, 5.41) is 9.64. The Bertz CT molecular complexity index is 895. The first-order chi connectivity index (χ1) is 13.1. The molecule has 0 radical (unpaired) electrons. The van der Waals surface area contributed by atoms with E-state index in [9.17, 15) is 9.59 Å². The van der Waals surface area contributed by atoms with Crippen LogP contribution in [0, 0.1) is 0 Å². The molecule has 0 fully saturated rings. The smallest absolute Gasteiger partial charge is 0.262 e. The Hall–Kier alpha value is -3.61. The average Bonchev–Trinajstić information content (AvgIpc) is 3.21. The fourth-order valence-electron chi connectivity index (χ4n) is 2.41. The lowest BCUT2D eigenvalue weighted by Gasteiger charge is -2.13. The number of ether oxygens (including phenoxy) is 1. The van der Waals surface area contributed by atoms with Gasteiger partial charge in [-0.2, -0.15) is 5.10 Å². The van der Waals surface area contributed by atoms with Crippen LogP contribution in [0.25, 0.3) is 0 Å². The number of rotatable bonds is 7. The zero-order chi connectivity index (χ0) is 19.1. The molecule has 0 saturated carbocycles. The number of nitrogens with zero attached hydrogens (tertiary/aromatic N) is 2. The maximum atomic E-state index is 12.3. The summed E-state index contributed by atoms with van der Waals surface area (Å²) in [5.74, 6) is 0.142. The van der Waals surface area contributed by atoms with Crippen molar-refractivity contribution in [1.82, 2.24) is 9.78 Å². The maximum absolute atomic E-state index is 12.3. The number of hydrogen-bond acceptors (Lipinski definition) is 4. The first-order valence-electron chi connectivity index (χ1n) is 8.49. The molecule has 3 aromatic rings. The molecule has 0 spiro atoms. The minimum absolute atomic E-state index is 0.100. The van der Waals surface area contributed by atoms with E-state index in [0.29, 0.717) is 17.1 Å². The van der Waals surface area contributed by atoms with Crippen molar-refractivity contribution < 1.29 is 14.3 Å². The number of anilines is 2. The standard InChI is InChI=1S/C20H20N4O3/c1-15(24-12-6-11-21-24)20(26)23-17-8-5-7-16(13-17)22-19(25)14-27-18-9-3-2-4-10-18/h2-13,15H,14H2,1H3,(H,22,25)(H,23,26). The molecule has 2 amide bonds. The fourth-order valence-corrected chi connectivity index (χ4v) is 2.41. The fraction of sp³-hybridized carbons (Fsp3) is 0.150. The second kappa shape index (κ2) is 8.66. The highest BCUT2D eigenvalue weighted by Gasteiger charge is 2.15. The molecule has 3 rings (SSSR count). The molecule has 0 aliphatic rings. The number of carbonyl (C=O) groups is 2. The van der Waals surface area contributed by atoms with Crippen molar-refractivity contribution in [2.75, 3.05) is 17.2 Å². The molecule has 0 bridgehead atoms. The van der Waals surface area contributed by atoms with Gasteiger partial charge in [-0.3, -0.25) is 14.3 Å². The van der Waals surface area contributed by atoms with Gasteiger partial charge in [-0.25, -0.2) is 0 Å². The Morgan fingerprint density at radius 1 is 1.04 bits per heavy atom. The normalized spacial score (nSPS) is 11.4. The predicted molar refractivity (Wildman–Crippen MR) is 103 cm³/mol. The van der Waals surface area contributed by atoms with Crippen LogP contribution in [0.15, 0.2) is 73.1 Å². The summed E-state index contributed by atoms with van der Waals surface area (Å²) in [4.78, 5) is 24.4. The van der Waals surface area contributed by atoms with Crippen LogP contribution in [0.1, 0.15) is 13.0 Å². The molecule has 1 atom stereocenters. The zero-order valence-corrected chi connectivity index (χ0v) is 14.8. The van der Waals surface area contributed by atoms with Gasteiger partial charge in [0.2, 0.25) is 5.91 Å². The van der Waals surface area contributed by atoms with Crippen molar-refractivity contribution in [3.05, 3.63) is 73.1 Å². The van der Waals surface area contributed by atoms with Gasteiger partial charge in [0.25, 0.3) is 5.91 Å². The van der Waals surface area contributed by atoms with E-state index in [4.69, 9.17) is 4.74 Å². The van der Waals surface area contributed by atoms with E-state index in [2.05, 4.69) is 15.7 Å². The second-order valence-electron chi connectivity index (χ2n) is 5.88. The van der Waals surface area contributed by atoms with Crippen LogP contribution < -0.4 is 15.4 Å². The van der Waals surface area contributed by atoms with Crippen LogP contribution in [0.4, 0.5) is 11.4 Å². The second-order valence-corrected chi connectivity index (χ2v) is 5.88. The van der Waals surface area contributed by atoms with E-state index in [1.165, 1.54) is 0 Å². The molecule has 0 saturated heterocycles. The number of para-hydroxylation sites is 1. The molecule has 1 unspecified atom stereocenters. The molecule has 0 aliphatic carbocycles. The van der Waals surface area contributed by atoms with Gasteiger partial charge in [0.1, 0.15) is 11.8 Å². The van der Waals surface area contributed by atoms with E-state index in [1.807, 2.05) is 18.2 Å².